The van der Waals surface area contributed by atoms with Gasteiger partial charge >= 0.3 is 0 Å². The lowest BCUT2D eigenvalue weighted by atomic mass is 10.1. The third kappa shape index (κ3) is 4.88. The van der Waals surface area contributed by atoms with Crippen LogP contribution in [-0.2, 0) is 6.42 Å². The first-order chi connectivity index (χ1) is 10.1. The Labute approximate surface area is 138 Å². The molecule has 2 aromatic rings. The molecule has 0 amide bonds. The predicted molar refractivity (Wildman–Crippen MR) is 87.7 cm³/mol. The summed E-state index contributed by atoms with van der Waals surface area (Å²) in [5.41, 5.74) is 1.00. The van der Waals surface area contributed by atoms with Crippen LogP contribution in [0.4, 0.5) is 11.9 Å². The van der Waals surface area contributed by atoms with Crippen molar-refractivity contribution in [3.63, 3.8) is 0 Å². The molecule has 0 unspecified atom stereocenters. The summed E-state index contributed by atoms with van der Waals surface area (Å²) in [6.45, 7) is 3.28. The zero-order chi connectivity index (χ0) is 15.2. The fraction of sp³-hybridized carbons (Fsp3) is 0.308. The first-order valence-electron chi connectivity index (χ1n) is 6.41. The van der Waals surface area contributed by atoms with Crippen LogP contribution in [0, 0.1) is 0 Å². The van der Waals surface area contributed by atoms with Gasteiger partial charge in [-0.1, -0.05) is 29.3 Å². The van der Waals surface area contributed by atoms with Gasteiger partial charge in [-0.05, 0) is 42.6 Å². The maximum absolute atomic E-state index is 6.12. The Morgan fingerprint density at radius 2 is 1.71 bits per heavy atom. The normalized spacial score (nSPS) is 10.5. The SMILES string of the molecule is CCNc1nc(Cl)nc(NCCc2ccc(Cl)cc2Cl)n1. The van der Waals surface area contributed by atoms with E-state index in [9.17, 15) is 0 Å². The predicted octanol–water partition coefficient (Wildman–Crippen LogP) is 3.92. The van der Waals surface area contributed by atoms with Gasteiger partial charge < -0.3 is 10.6 Å². The average molecular weight is 347 g/mol. The van der Waals surface area contributed by atoms with E-state index in [1.807, 2.05) is 19.1 Å². The van der Waals surface area contributed by atoms with Gasteiger partial charge in [0.2, 0.25) is 17.2 Å². The van der Waals surface area contributed by atoms with Crippen molar-refractivity contribution < 1.29 is 0 Å². The molecule has 0 aliphatic rings. The van der Waals surface area contributed by atoms with E-state index in [4.69, 9.17) is 34.8 Å². The summed E-state index contributed by atoms with van der Waals surface area (Å²) in [4.78, 5) is 12.2. The molecule has 1 aromatic carbocycles. The number of nitrogens with zero attached hydrogens (tertiary/aromatic N) is 3. The second-order valence-corrected chi connectivity index (χ2v) is 5.38. The smallest absolute Gasteiger partial charge is 0.228 e. The number of anilines is 2. The lowest BCUT2D eigenvalue weighted by Gasteiger charge is -2.08. The molecule has 0 atom stereocenters. The van der Waals surface area contributed by atoms with E-state index in [1.54, 1.807) is 6.07 Å². The fourth-order valence-corrected chi connectivity index (χ4v) is 2.36. The number of hydrogen-bond donors (Lipinski definition) is 2. The van der Waals surface area contributed by atoms with E-state index in [1.165, 1.54) is 0 Å². The van der Waals surface area contributed by atoms with Crippen LogP contribution >= 0.6 is 34.8 Å². The van der Waals surface area contributed by atoms with Gasteiger partial charge in [-0.2, -0.15) is 15.0 Å². The summed E-state index contributed by atoms with van der Waals surface area (Å²) in [5.74, 6) is 0.876. The summed E-state index contributed by atoms with van der Waals surface area (Å²) < 4.78 is 0. The average Bonchev–Trinajstić information content (AvgIpc) is 2.41. The highest BCUT2D eigenvalue weighted by Gasteiger charge is 2.05. The van der Waals surface area contributed by atoms with Gasteiger partial charge in [0.05, 0.1) is 0 Å². The number of benzene rings is 1. The van der Waals surface area contributed by atoms with Crippen LogP contribution in [0.2, 0.25) is 15.3 Å². The first-order valence-corrected chi connectivity index (χ1v) is 7.55. The molecule has 0 fully saturated rings. The second kappa shape index (κ2) is 7.64. The lowest BCUT2D eigenvalue weighted by molar-refractivity contribution is 0.957. The molecule has 0 bridgehead atoms. The molecule has 0 radical (unpaired) electrons. The quantitative estimate of drug-likeness (QED) is 0.830. The number of rotatable bonds is 6. The van der Waals surface area contributed by atoms with Gasteiger partial charge in [0.15, 0.2) is 0 Å². The van der Waals surface area contributed by atoms with Crippen molar-refractivity contribution in [1.82, 2.24) is 15.0 Å². The van der Waals surface area contributed by atoms with Crippen LogP contribution in [0.15, 0.2) is 18.2 Å². The molecular weight excluding hydrogens is 333 g/mol. The summed E-state index contributed by atoms with van der Waals surface area (Å²) in [7, 11) is 0. The Balaban J connectivity index is 1.96. The van der Waals surface area contributed by atoms with Crippen LogP contribution in [-0.4, -0.2) is 28.0 Å². The standard InChI is InChI=1S/C13H14Cl3N5/c1-2-17-12-19-11(16)20-13(21-12)18-6-5-8-3-4-9(14)7-10(8)15/h3-4,7H,2,5-6H2,1H3,(H2,17,18,19,20,21). The van der Waals surface area contributed by atoms with Gasteiger partial charge in [0.25, 0.3) is 0 Å². The van der Waals surface area contributed by atoms with E-state index < -0.39 is 0 Å². The Bertz CT molecular complexity index is 621. The van der Waals surface area contributed by atoms with Crippen molar-refractivity contribution in [2.24, 2.45) is 0 Å². The summed E-state index contributed by atoms with van der Waals surface area (Å²) in [5, 5.41) is 7.50. The number of aromatic nitrogens is 3. The van der Waals surface area contributed by atoms with E-state index in [0.717, 1.165) is 12.0 Å². The van der Waals surface area contributed by atoms with Gasteiger partial charge in [-0.3, -0.25) is 0 Å². The largest absolute Gasteiger partial charge is 0.354 e. The van der Waals surface area contributed by atoms with Crippen LogP contribution < -0.4 is 10.6 Å². The number of nitrogens with one attached hydrogen (secondary N) is 2. The molecule has 0 saturated heterocycles. The van der Waals surface area contributed by atoms with Crippen molar-refractivity contribution in [2.45, 2.75) is 13.3 Å². The number of halogens is 3. The van der Waals surface area contributed by atoms with Crippen LogP contribution in [0.1, 0.15) is 12.5 Å². The van der Waals surface area contributed by atoms with Crippen molar-refractivity contribution in [1.29, 1.82) is 0 Å². The monoisotopic (exact) mass is 345 g/mol. The Hall–Kier alpha value is -1.30. The maximum atomic E-state index is 6.12. The van der Waals surface area contributed by atoms with E-state index in [0.29, 0.717) is 35.0 Å². The summed E-state index contributed by atoms with van der Waals surface area (Å²) >= 11 is 17.8. The zero-order valence-electron chi connectivity index (χ0n) is 11.3. The van der Waals surface area contributed by atoms with Crippen LogP contribution in [0.5, 0.6) is 0 Å². The van der Waals surface area contributed by atoms with Gasteiger partial charge in [-0.15, -0.1) is 0 Å². The van der Waals surface area contributed by atoms with Gasteiger partial charge in [-0.25, -0.2) is 0 Å². The minimum absolute atomic E-state index is 0.146. The molecule has 1 heterocycles. The molecular formula is C13H14Cl3N5. The highest BCUT2D eigenvalue weighted by Crippen LogP contribution is 2.21. The van der Waals surface area contributed by atoms with Crippen LogP contribution in [0.25, 0.3) is 0 Å². The molecule has 5 nitrogen and oxygen atoms in total. The zero-order valence-corrected chi connectivity index (χ0v) is 13.6. The van der Waals surface area contributed by atoms with Crippen molar-refractivity contribution in [3.8, 4) is 0 Å². The Morgan fingerprint density at radius 1 is 1.00 bits per heavy atom. The van der Waals surface area contributed by atoms with Crippen molar-refractivity contribution >= 4 is 46.7 Å². The molecule has 0 aliphatic heterocycles. The summed E-state index contributed by atoms with van der Waals surface area (Å²) in [6, 6.07) is 5.43. The minimum atomic E-state index is 0.146. The van der Waals surface area contributed by atoms with Gasteiger partial charge in [0, 0.05) is 23.1 Å². The Kier molecular flexibility index (Phi) is 5.85. The van der Waals surface area contributed by atoms with Crippen molar-refractivity contribution in [2.75, 3.05) is 23.7 Å². The third-order valence-corrected chi connectivity index (χ3v) is 3.39. The molecule has 2 rings (SSSR count). The molecule has 1 aromatic heterocycles. The van der Waals surface area contributed by atoms with E-state index in [2.05, 4.69) is 25.6 Å². The van der Waals surface area contributed by atoms with Crippen molar-refractivity contribution in [3.05, 3.63) is 39.1 Å². The topological polar surface area (TPSA) is 62.7 Å². The molecule has 21 heavy (non-hydrogen) atoms. The summed E-state index contributed by atoms with van der Waals surface area (Å²) in [6.07, 6.45) is 0.718. The Morgan fingerprint density at radius 3 is 2.38 bits per heavy atom. The molecule has 2 N–H and O–H groups in total. The van der Waals surface area contributed by atoms with Crippen LogP contribution in [0.3, 0.4) is 0 Å². The molecule has 0 aliphatic carbocycles. The van der Waals surface area contributed by atoms with E-state index in [-0.39, 0.29) is 5.28 Å². The highest BCUT2D eigenvalue weighted by atomic mass is 35.5. The lowest BCUT2D eigenvalue weighted by Crippen LogP contribution is -2.11. The maximum Gasteiger partial charge on any atom is 0.228 e. The number of hydrogen-bond acceptors (Lipinski definition) is 5. The van der Waals surface area contributed by atoms with Gasteiger partial charge in [0.1, 0.15) is 0 Å². The molecule has 0 saturated carbocycles. The molecule has 8 heteroatoms. The highest BCUT2D eigenvalue weighted by molar-refractivity contribution is 6.35. The minimum Gasteiger partial charge on any atom is -0.354 e. The first kappa shape index (κ1) is 16.1. The van der Waals surface area contributed by atoms with E-state index >= 15 is 0 Å². The fourth-order valence-electron chi connectivity index (χ4n) is 1.70. The molecule has 112 valence electrons. The second-order valence-electron chi connectivity index (χ2n) is 4.19. The molecule has 0 spiro atoms. The third-order valence-electron chi connectivity index (χ3n) is 2.64.